The Hall–Kier alpha value is -2.50. The third-order valence-corrected chi connectivity index (χ3v) is 3.19. The second kappa shape index (κ2) is 5.64. The number of nitrogens with zero attached hydrogens (tertiary/aromatic N) is 2. The molecule has 3 N–H and O–H groups in total. The van der Waals surface area contributed by atoms with Gasteiger partial charge in [0.25, 0.3) is 5.91 Å². The molecule has 0 saturated carbocycles. The van der Waals surface area contributed by atoms with Gasteiger partial charge in [0.1, 0.15) is 5.75 Å². The molecule has 1 aromatic heterocycles. The Morgan fingerprint density at radius 1 is 1.45 bits per heavy atom. The Bertz CT molecular complexity index is 621. The van der Waals surface area contributed by atoms with Crippen molar-refractivity contribution < 1.29 is 9.53 Å². The number of nitrogen functional groups attached to an aromatic ring is 1. The number of benzene rings is 1. The van der Waals surface area contributed by atoms with Crippen molar-refractivity contribution in [3.63, 3.8) is 0 Å². The van der Waals surface area contributed by atoms with Gasteiger partial charge in [0, 0.05) is 7.05 Å². The SMILES string of the molecule is CCc1[nH]nc(C(=O)N(C)c2ccccc2OC)c1N. The summed E-state index contributed by atoms with van der Waals surface area (Å²) in [5, 5.41) is 6.79. The average molecular weight is 274 g/mol. The lowest BCUT2D eigenvalue weighted by atomic mass is 10.2. The van der Waals surface area contributed by atoms with E-state index in [9.17, 15) is 4.79 Å². The fourth-order valence-electron chi connectivity index (χ4n) is 1.99. The van der Waals surface area contributed by atoms with Crippen LogP contribution in [0.3, 0.4) is 0 Å². The number of para-hydroxylation sites is 2. The van der Waals surface area contributed by atoms with E-state index in [0.717, 1.165) is 5.69 Å². The van der Waals surface area contributed by atoms with Gasteiger partial charge in [-0.2, -0.15) is 5.10 Å². The Labute approximate surface area is 117 Å². The largest absolute Gasteiger partial charge is 0.495 e. The number of methoxy groups -OCH3 is 1. The molecule has 0 radical (unpaired) electrons. The van der Waals surface area contributed by atoms with Gasteiger partial charge in [-0.1, -0.05) is 19.1 Å². The number of anilines is 2. The van der Waals surface area contributed by atoms with Gasteiger partial charge < -0.3 is 15.4 Å². The van der Waals surface area contributed by atoms with E-state index in [-0.39, 0.29) is 11.6 Å². The predicted octanol–water partition coefficient (Wildman–Crippen LogP) is 1.84. The molecule has 20 heavy (non-hydrogen) atoms. The van der Waals surface area contributed by atoms with Gasteiger partial charge in [0.05, 0.1) is 24.2 Å². The van der Waals surface area contributed by atoms with Crippen molar-refractivity contribution in [2.24, 2.45) is 0 Å². The highest BCUT2D eigenvalue weighted by Crippen LogP contribution is 2.28. The maximum Gasteiger partial charge on any atom is 0.280 e. The van der Waals surface area contributed by atoms with Crippen LogP contribution in [0.25, 0.3) is 0 Å². The number of hydrogen-bond donors (Lipinski definition) is 2. The lowest BCUT2D eigenvalue weighted by Crippen LogP contribution is -2.27. The number of nitrogens with two attached hydrogens (primary N) is 1. The summed E-state index contributed by atoms with van der Waals surface area (Å²) in [6.45, 7) is 1.95. The molecular formula is C14H18N4O2. The van der Waals surface area contributed by atoms with Gasteiger partial charge in [-0.05, 0) is 18.6 Å². The van der Waals surface area contributed by atoms with Crippen molar-refractivity contribution in [3.05, 3.63) is 35.7 Å². The topological polar surface area (TPSA) is 84.2 Å². The maximum atomic E-state index is 12.5. The number of nitrogens with one attached hydrogen (secondary N) is 1. The number of aryl methyl sites for hydroxylation is 1. The number of ether oxygens (including phenoxy) is 1. The Morgan fingerprint density at radius 2 is 2.15 bits per heavy atom. The quantitative estimate of drug-likeness (QED) is 0.891. The molecule has 2 rings (SSSR count). The fraction of sp³-hybridized carbons (Fsp3) is 0.286. The Balaban J connectivity index is 2.35. The van der Waals surface area contributed by atoms with Crippen molar-refractivity contribution in [1.82, 2.24) is 10.2 Å². The van der Waals surface area contributed by atoms with E-state index in [0.29, 0.717) is 23.5 Å². The summed E-state index contributed by atoms with van der Waals surface area (Å²) in [5.74, 6) is 0.344. The van der Waals surface area contributed by atoms with Crippen molar-refractivity contribution in [2.75, 3.05) is 24.8 Å². The number of carbonyl (C=O) groups is 1. The number of carbonyl (C=O) groups excluding carboxylic acids is 1. The molecular weight excluding hydrogens is 256 g/mol. The van der Waals surface area contributed by atoms with Crippen LogP contribution in [0.4, 0.5) is 11.4 Å². The molecule has 0 aliphatic rings. The lowest BCUT2D eigenvalue weighted by molar-refractivity contribution is 0.0988. The molecule has 0 spiro atoms. The first-order valence-corrected chi connectivity index (χ1v) is 6.33. The summed E-state index contributed by atoms with van der Waals surface area (Å²) in [6, 6.07) is 7.29. The number of H-pyrrole nitrogens is 1. The Kier molecular flexibility index (Phi) is 3.93. The molecule has 0 aliphatic carbocycles. The number of aromatic nitrogens is 2. The highest BCUT2D eigenvalue weighted by atomic mass is 16.5. The standard InChI is InChI=1S/C14H18N4O2/c1-4-9-12(15)13(17-16-9)14(19)18(2)10-7-5-6-8-11(10)20-3/h5-8H,4,15H2,1-3H3,(H,16,17). The summed E-state index contributed by atoms with van der Waals surface area (Å²) in [7, 11) is 3.23. The lowest BCUT2D eigenvalue weighted by Gasteiger charge is -2.19. The fourth-order valence-corrected chi connectivity index (χ4v) is 1.99. The van der Waals surface area contributed by atoms with Crippen LogP contribution in [0.15, 0.2) is 24.3 Å². The summed E-state index contributed by atoms with van der Waals surface area (Å²) < 4.78 is 5.26. The first kappa shape index (κ1) is 13.9. The van der Waals surface area contributed by atoms with E-state index < -0.39 is 0 Å². The van der Waals surface area contributed by atoms with E-state index in [1.165, 1.54) is 4.90 Å². The predicted molar refractivity (Wildman–Crippen MR) is 78.1 cm³/mol. The monoisotopic (exact) mass is 274 g/mol. The van der Waals surface area contributed by atoms with E-state index in [4.69, 9.17) is 10.5 Å². The van der Waals surface area contributed by atoms with Gasteiger partial charge in [0.15, 0.2) is 5.69 Å². The zero-order chi connectivity index (χ0) is 14.7. The molecule has 0 atom stereocenters. The van der Waals surface area contributed by atoms with Gasteiger partial charge in [0.2, 0.25) is 0 Å². The summed E-state index contributed by atoms with van der Waals surface area (Å²) in [5.41, 5.74) is 8.00. The van der Waals surface area contributed by atoms with Crippen LogP contribution in [0.5, 0.6) is 5.75 Å². The third-order valence-electron chi connectivity index (χ3n) is 3.19. The smallest absolute Gasteiger partial charge is 0.280 e. The molecule has 0 unspecified atom stereocenters. The first-order valence-electron chi connectivity index (χ1n) is 6.33. The van der Waals surface area contributed by atoms with Crippen LogP contribution < -0.4 is 15.4 Å². The molecule has 0 saturated heterocycles. The van der Waals surface area contributed by atoms with Gasteiger partial charge in [-0.15, -0.1) is 0 Å². The molecule has 106 valence electrons. The van der Waals surface area contributed by atoms with E-state index in [1.54, 1.807) is 26.3 Å². The van der Waals surface area contributed by atoms with Crippen LogP contribution in [-0.4, -0.2) is 30.3 Å². The molecule has 0 aliphatic heterocycles. The third kappa shape index (κ3) is 2.32. The van der Waals surface area contributed by atoms with Gasteiger partial charge in [-0.25, -0.2) is 0 Å². The molecule has 0 fully saturated rings. The molecule has 1 heterocycles. The van der Waals surface area contributed by atoms with Crippen LogP contribution in [0, 0.1) is 0 Å². The number of rotatable bonds is 4. The molecule has 1 amide bonds. The van der Waals surface area contributed by atoms with Crippen molar-refractivity contribution in [2.45, 2.75) is 13.3 Å². The average Bonchev–Trinajstić information content (AvgIpc) is 2.86. The number of aromatic amines is 1. The summed E-state index contributed by atoms with van der Waals surface area (Å²) >= 11 is 0. The highest BCUT2D eigenvalue weighted by Gasteiger charge is 2.22. The second-order valence-corrected chi connectivity index (χ2v) is 4.35. The molecule has 6 heteroatoms. The van der Waals surface area contributed by atoms with E-state index in [1.807, 2.05) is 19.1 Å². The Morgan fingerprint density at radius 3 is 2.75 bits per heavy atom. The van der Waals surface area contributed by atoms with Crippen molar-refractivity contribution >= 4 is 17.3 Å². The molecule has 2 aromatic rings. The van der Waals surface area contributed by atoms with E-state index >= 15 is 0 Å². The zero-order valence-corrected chi connectivity index (χ0v) is 11.8. The normalized spacial score (nSPS) is 10.3. The number of hydrogen-bond acceptors (Lipinski definition) is 4. The minimum atomic E-state index is -0.275. The van der Waals surface area contributed by atoms with Crippen molar-refractivity contribution in [1.29, 1.82) is 0 Å². The summed E-state index contributed by atoms with van der Waals surface area (Å²) in [4.78, 5) is 13.9. The van der Waals surface area contributed by atoms with E-state index in [2.05, 4.69) is 10.2 Å². The van der Waals surface area contributed by atoms with Crippen LogP contribution in [-0.2, 0) is 6.42 Å². The summed E-state index contributed by atoms with van der Waals surface area (Å²) in [6.07, 6.45) is 0.699. The van der Waals surface area contributed by atoms with Crippen LogP contribution >= 0.6 is 0 Å². The van der Waals surface area contributed by atoms with Gasteiger partial charge >= 0.3 is 0 Å². The van der Waals surface area contributed by atoms with Gasteiger partial charge in [-0.3, -0.25) is 9.89 Å². The molecule has 0 bridgehead atoms. The maximum absolute atomic E-state index is 12.5. The van der Waals surface area contributed by atoms with Crippen LogP contribution in [0.2, 0.25) is 0 Å². The minimum Gasteiger partial charge on any atom is -0.495 e. The highest BCUT2D eigenvalue weighted by molar-refractivity contribution is 6.08. The first-order chi connectivity index (χ1) is 9.60. The molecule has 6 nitrogen and oxygen atoms in total. The zero-order valence-electron chi connectivity index (χ0n) is 11.8. The minimum absolute atomic E-state index is 0.232. The number of amides is 1. The molecule has 1 aromatic carbocycles. The van der Waals surface area contributed by atoms with Crippen molar-refractivity contribution in [3.8, 4) is 5.75 Å². The second-order valence-electron chi connectivity index (χ2n) is 4.35. The van der Waals surface area contributed by atoms with Crippen LogP contribution in [0.1, 0.15) is 23.1 Å².